The Morgan fingerprint density at radius 3 is 2.79 bits per heavy atom. The molecule has 8 heteroatoms. The molecule has 150 valence electrons. The van der Waals surface area contributed by atoms with E-state index in [1.165, 1.54) is 11.8 Å². The number of nitrogens with one attached hydrogen (secondary N) is 1. The maximum Gasteiger partial charge on any atom is 0.231 e. The summed E-state index contributed by atoms with van der Waals surface area (Å²) in [5.41, 5.74) is 2.02. The molecule has 1 aliphatic heterocycles. The predicted octanol–water partition coefficient (Wildman–Crippen LogP) is 3.34. The third kappa shape index (κ3) is 4.54. The average Bonchev–Trinajstić information content (AvgIpc) is 3.38. The summed E-state index contributed by atoms with van der Waals surface area (Å²) in [5.74, 6) is 2.55. The quantitative estimate of drug-likeness (QED) is 0.574. The highest BCUT2D eigenvalue weighted by molar-refractivity contribution is 7.99. The van der Waals surface area contributed by atoms with Crippen LogP contribution in [0.25, 0.3) is 11.4 Å². The minimum absolute atomic E-state index is 0.00394. The zero-order valence-electron chi connectivity index (χ0n) is 16.1. The molecule has 2 aromatic carbocycles. The van der Waals surface area contributed by atoms with Gasteiger partial charge in [-0.05, 0) is 24.1 Å². The first kappa shape index (κ1) is 19.3. The van der Waals surface area contributed by atoms with Crippen LogP contribution in [0.4, 0.5) is 0 Å². The molecule has 0 spiro atoms. The first-order chi connectivity index (χ1) is 14.2. The van der Waals surface area contributed by atoms with Crippen molar-refractivity contribution in [3.63, 3.8) is 0 Å². The van der Waals surface area contributed by atoms with Crippen molar-refractivity contribution in [3.8, 4) is 22.9 Å². The molecule has 1 aromatic heterocycles. The van der Waals surface area contributed by atoms with Crippen LogP contribution in [0, 0.1) is 0 Å². The maximum absolute atomic E-state index is 12.0. The van der Waals surface area contributed by atoms with Gasteiger partial charge in [0.15, 0.2) is 22.5 Å². The Hall–Kier alpha value is -3.00. The monoisotopic (exact) mass is 410 g/mol. The van der Waals surface area contributed by atoms with Gasteiger partial charge in [-0.15, -0.1) is 10.2 Å². The van der Waals surface area contributed by atoms with Crippen LogP contribution < -0.4 is 14.8 Å². The van der Waals surface area contributed by atoms with Gasteiger partial charge in [0.2, 0.25) is 12.7 Å². The lowest BCUT2D eigenvalue weighted by Gasteiger charge is -2.11. The van der Waals surface area contributed by atoms with E-state index in [0.29, 0.717) is 24.0 Å². The van der Waals surface area contributed by atoms with Gasteiger partial charge in [-0.1, -0.05) is 55.1 Å². The van der Waals surface area contributed by atoms with Crippen LogP contribution in [0.2, 0.25) is 0 Å². The molecule has 1 N–H and O–H groups in total. The molecule has 7 nitrogen and oxygen atoms in total. The largest absolute Gasteiger partial charge is 0.454 e. The van der Waals surface area contributed by atoms with Crippen molar-refractivity contribution in [1.29, 1.82) is 0 Å². The van der Waals surface area contributed by atoms with Crippen LogP contribution in [0.1, 0.15) is 18.9 Å². The van der Waals surface area contributed by atoms with Gasteiger partial charge in [-0.25, -0.2) is 0 Å². The first-order valence-electron chi connectivity index (χ1n) is 9.51. The third-order valence-electron chi connectivity index (χ3n) is 4.43. The van der Waals surface area contributed by atoms with Gasteiger partial charge in [0.1, 0.15) is 0 Å². The Labute approximate surface area is 173 Å². The second-order valence-electron chi connectivity index (χ2n) is 6.58. The molecule has 3 aromatic rings. The molecule has 0 unspecified atom stereocenters. The lowest BCUT2D eigenvalue weighted by molar-refractivity contribution is -0.118. The average molecular weight is 410 g/mol. The summed E-state index contributed by atoms with van der Waals surface area (Å²) in [6.07, 6.45) is 0.912. The van der Waals surface area contributed by atoms with E-state index in [1.54, 1.807) is 0 Å². The topological polar surface area (TPSA) is 78.3 Å². The van der Waals surface area contributed by atoms with Crippen molar-refractivity contribution < 1.29 is 14.3 Å². The zero-order valence-corrected chi connectivity index (χ0v) is 16.9. The number of fused-ring (bicyclic) bond motifs is 1. The molecule has 0 fully saturated rings. The van der Waals surface area contributed by atoms with E-state index in [9.17, 15) is 4.79 Å². The van der Waals surface area contributed by atoms with Crippen LogP contribution in [0.15, 0.2) is 53.7 Å². The fourth-order valence-corrected chi connectivity index (χ4v) is 3.77. The number of nitrogens with zero attached hydrogens (tertiary/aromatic N) is 3. The van der Waals surface area contributed by atoms with Crippen LogP contribution in [-0.2, 0) is 11.3 Å². The van der Waals surface area contributed by atoms with Gasteiger partial charge in [-0.2, -0.15) is 0 Å². The molecule has 0 bridgehead atoms. The van der Waals surface area contributed by atoms with Crippen LogP contribution in [0.3, 0.4) is 0 Å². The van der Waals surface area contributed by atoms with Crippen molar-refractivity contribution >= 4 is 17.7 Å². The van der Waals surface area contributed by atoms with E-state index in [0.717, 1.165) is 34.9 Å². The van der Waals surface area contributed by atoms with E-state index < -0.39 is 0 Å². The molecular weight excluding hydrogens is 388 g/mol. The lowest BCUT2D eigenvalue weighted by atomic mass is 10.2. The summed E-state index contributed by atoms with van der Waals surface area (Å²) >= 11 is 1.39. The molecule has 4 rings (SSSR count). The summed E-state index contributed by atoms with van der Waals surface area (Å²) in [6.45, 7) is 3.52. The number of aromatic nitrogens is 3. The molecule has 29 heavy (non-hydrogen) atoms. The van der Waals surface area contributed by atoms with Crippen LogP contribution >= 0.6 is 11.8 Å². The normalized spacial score (nSPS) is 12.2. The highest BCUT2D eigenvalue weighted by atomic mass is 32.2. The van der Waals surface area contributed by atoms with Gasteiger partial charge in [0.25, 0.3) is 0 Å². The Balaban J connectivity index is 1.60. The van der Waals surface area contributed by atoms with Gasteiger partial charge in [-0.3, -0.25) is 9.36 Å². The Kier molecular flexibility index (Phi) is 6.00. The van der Waals surface area contributed by atoms with Crippen molar-refractivity contribution in [2.45, 2.75) is 25.0 Å². The molecular formula is C21H22N4O3S. The predicted molar refractivity (Wildman–Crippen MR) is 111 cm³/mol. The number of hydrogen-bond acceptors (Lipinski definition) is 6. The Morgan fingerprint density at radius 2 is 1.97 bits per heavy atom. The second-order valence-corrected chi connectivity index (χ2v) is 7.53. The van der Waals surface area contributed by atoms with Gasteiger partial charge < -0.3 is 14.8 Å². The highest BCUT2D eigenvalue weighted by Crippen LogP contribution is 2.33. The molecule has 0 atom stereocenters. The van der Waals surface area contributed by atoms with Gasteiger partial charge in [0, 0.05) is 12.1 Å². The number of ether oxygens (including phenoxy) is 2. The molecule has 1 amide bonds. The van der Waals surface area contributed by atoms with E-state index in [4.69, 9.17) is 9.47 Å². The van der Waals surface area contributed by atoms with Crippen LogP contribution in [-0.4, -0.2) is 39.8 Å². The summed E-state index contributed by atoms with van der Waals surface area (Å²) in [4.78, 5) is 12.0. The van der Waals surface area contributed by atoms with Crippen molar-refractivity contribution in [3.05, 3.63) is 54.1 Å². The van der Waals surface area contributed by atoms with Crippen molar-refractivity contribution in [2.24, 2.45) is 0 Å². The molecule has 0 saturated heterocycles. The first-order valence-corrected chi connectivity index (χ1v) is 10.5. The Morgan fingerprint density at radius 1 is 1.14 bits per heavy atom. The van der Waals surface area contributed by atoms with E-state index in [1.807, 2.05) is 60.0 Å². The molecule has 0 saturated carbocycles. The summed E-state index contributed by atoms with van der Waals surface area (Å²) < 4.78 is 12.9. The zero-order chi connectivity index (χ0) is 20.1. The number of benzene rings is 2. The second kappa shape index (κ2) is 9.00. The fourth-order valence-electron chi connectivity index (χ4n) is 3.01. The number of hydrogen-bond donors (Lipinski definition) is 1. The molecule has 0 aliphatic carbocycles. The summed E-state index contributed by atoms with van der Waals surface area (Å²) in [6, 6.07) is 15.8. The number of carbonyl (C=O) groups excluding carboxylic acids is 1. The lowest BCUT2D eigenvalue weighted by Crippen LogP contribution is -2.25. The molecule has 0 radical (unpaired) electrons. The van der Waals surface area contributed by atoms with Gasteiger partial charge in [0.05, 0.1) is 12.3 Å². The minimum atomic E-state index is -0.00394. The van der Waals surface area contributed by atoms with E-state index >= 15 is 0 Å². The van der Waals surface area contributed by atoms with E-state index in [2.05, 4.69) is 15.5 Å². The highest BCUT2D eigenvalue weighted by Gasteiger charge is 2.18. The van der Waals surface area contributed by atoms with Crippen molar-refractivity contribution in [1.82, 2.24) is 20.1 Å². The standard InChI is InChI=1S/C21H22N4O3S/c1-2-10-22-19(26)13-29-21-24-23-20(16-6-4-3-5-7-16)25(21)12-15-8-9-17-18(11-15)28-14-27-17/h3-9,11H,2,10,12-14H2,1H3,(H,22,26). The van der Waals surface area contributed by atoms with Crippen molar-refractivity contribution in [2.75, 3.05) is 19.1 Å². The van der Waals surface area contributed by atoms with E-state index in [-0.39, 0.29) is 12.7 Å². The number of carbonyl (C=O) groups is 1. The summed E-state index contributed by atoms with van der Waals surface area (Å²) in [5, 5.41) is 12.3. The molecule has 1 aliphatic rings. The molecule has 2 heterocycles. The summed E-state index contributed by atoms with van der Waals surface area (Å²) in [7, 11) is 0. The Bertz CT molecular complexity index is 991. The van der Waals surface area contributed by atoms with Crippen LogP contribution in [0.5, 0.6) is 11.5 Å². The number of thioether (sulfide) groups is 1. The minimum Gasteiger partial charge on any atom is -0.454 e. The third-order valence-corrected chi connectivity index (χ3v) is 5.40. The maximum atomic E-state index is 12.0. The smallest absolute Gasteiger partial charge is 0.231 e. The van der Waals surface area contributed by atoms with Gasteiger partial charge >= 0.3 is 0 Å². The number of rotatable bonds is 8. The number of amides is 1. The fraction of sp³-hybridized carbons (Fsp3) is 0.286. The SMILES string of the molecule is CCCNC(=O)CSc1nnc(-c2ccccc2)n1Cc1ccc2c(c1)OCO2.